The van der Waals surface area contributed by atoms with E-state index < -0.39 is 78.8 Å². The van der Waals surface area contributed by atoms with E-state index >= 15 is 0 Å². The fourth-order valence-corrected chi connectivity index (χ4v) is 4.48. The van der Waals surface area contributed by atoms with Gasteiger partial charge in [0.05, 0.1) is 18.9 Å². The average Bonchev–Trinajstić information content (AvgIpc) is 2.90. The van der Waals surface area contributed by atoms with Crippen molar-refractivity contribution in [2.45, 2.75) is 70.0 Å². The normalized spacial score (nSPS) is 23.1. The van der Waals surface area contributed by atoms with E-state index in [4.69, 9.17) is 5.41 Å². The van der Waals surface area contributed by atoms with Gasteiger partial charge in [-0.3, -0.25) is 28.8 Å². The monoisotopic (exact) mass is 575 g/mol. The molecule has 2 rings (SSSR count). The number of carboxylic acids is 1. The maximum absolute atomic E-state index is 13.3. The minimum Gasteiger partial charge on any atom is -0.481 e. The van der Waals surface area contributed by atoms with Gasteiger partial charge in [0.15, 0.2) is 5.78 Å². The molecule has 0 spiro atoms. The molecule has 1 aromatic carbocycles. The molecule has 1 fully saturated rings. The molecule has 1 aromatic rings. The lowest BCUT2D eigenvalue weighted by Gasteiger charge is -2.25. The Kier molecular flexibility index (Phi) is 13.3. The van der Waals surface area contributed by atoms with Crippen molar-refractivity contribution >= 4 is 53.7 Å². The van der Waals surface area contributed by atoms with Crippen LogP contribution >= 0.6 is 12.6 Å². The predicted molar refractivity (Wildman–Crippen MR) is 150 cm³/mol. The van der Waals surface area contributed by atoms with Crippen molar-refractivity contribution in [3.63, 3.8) is 0 Å². The van der Waals surface area contributed by atoms with Crippen molar-refractivity contribution in [1.82, 2.24) is 21.3 Å². The maximum Gasteiger partial charge on any atom is 0.304 e. The highest BCUT2D eigenvalue weighted by Gasteiger charge is 2.33. The summed E-state index contributed by atoms with van der Waals surface area (Å²) in [6.45, 7) is 1.21. The van der Waals surface area contributed by atoms with Crippen molar-refractivity contribution in [1.29, 1.82) is 5.41 Å². The zero-order valence-corrected chi connectivity index (χ0v) is 23.3. The molecular weight excluding hydrogens is 538 g/mol. The third-order valence-electron chi connectivity index (χ3n) is 6.38. The van der Waals surface area contributed by atoms with Gasteiger partial charge >= 0.3 is 5.97 Å². The summed E-state index contributed by atoms with van der Waals surface area (Å²) in [6, 6.07) is 5.44. The van der Waals surface area contributed by atoms with E-state index in [0.29, 0.717) is 30.5 Å². The summed E-state index contributed by atoms with van der Waals surface area (Å²) in [5.74, 6) is -6.07. The summed E-state index contributed by atoms with van der Waals surface area (Å²) in [6.07, 6.45) is 0.815. The van der Waals surface area contributed by atoms with Crippen LogP contribution in [0.4, 0.5) is 0 Å². The van der Waals surface area contributed by atoms with E-state index in [1.165, 1.54) is 0 Å². The number of Topliss-reactive ketones (excluding diaryl/α,β-unsaturated/α-hetero) is 1. The molecule has 0 unspecified atom stereocenters. The van der Waals surface area contributed by atoms with Crippen LogP contribution in [0.2, 0.25) is 0 Å². The van der Waals surface area contributed by atoms with E-state index in [1.54, 1.807) is 37.3 Å². The zero-order valence-electron chi connectivity index (χ0n) is 22.4. The lowest BCUT2D eigenvalue weighted by molar-refractivity contribution is -0.142. The van der Waals surface area contributed by atoms with Gasteiger partial charge in [-0.05, 0) is 31.7 Å². The van der Waals surface area contributed by atoms with Crippen molar-refractivity contribution < 1.29 is 33.9 Å². The highest BCUT2D eigenvalue weighted by Crippen LogP contribution is 2.13. The molecule has 1 heterocycles. The molecule has 0 radical (unpaired) electrons. The molecule has 218 valence electrons. The number of carbonyl (C=O) groups is 6. The quantitative estimate of drug-likeness (QED) is 0.119. The Morgan fingerprint density at radius 1 is 0.925 bits per heavy atom. The van der Waals surface area contributed by atoms with Crippen LogP contribution in [0, 0.1) is 11.3 Å². The first-order valence-electron chi connectivity index (χ1n) is 13.1. The van der Waals surface area contributed by atoms with Crippen molar-refractivity contribution in [3.8, 4) is 0 Å². The molecule has 1 saturated heterocycles. The second-order valence-electron chi connectivity index (χ2n) is 9.84. The number of rotatable bonds is 10. The number of hydrogen-bond acceptors (Lipinski definition) is 8. The number of unbranched alkanes of at least 4 members (excludes halogenated alkanes) is 1. The molecular formula is C27H37N5O7S. The summed E-state index contributed by atoms with van der Waals surface area (Å²) in [4.78, 5) is 76.5. The minimum absolute atomic E-state index is 0.0438. The van der Waals surface area contributed by atoms with Crippen LogP contribution in [-0.2, 0) is 35.2 Å². The first-order chi connectivity index (χ1) is 19.0. The van der Waals surface area contributed by atoms with Crippen LogP contribution in [0.15, 0.2) is 30.3 Å². The van der Waals surface area contributed by atoms with E-state index in [2.05, 4.69) is 33.9 Å². The first-order valence-corrected chi connectivity index (χ1v) is 13.7. The largest absolute Gasteiger partial charge is 0.481 e. The minimum atomic E-state index is -1.30. The summed E-state index contributed by atoms with van der Waals surface area (Å²) < 4.78 is 0. The number of amides is 4. The van der Waals surface area contributed by atoms with Gasteiger partial charge in [0.2, 0.25) is 23.6 Å². The highest BCUT2D eigenvalue weighted by atomic mass is 32.1. The molecule has 4 atom stereocenters. The number of hydrogen-bond donors (Lipinski definition) is 7. The fraction of sp³-hybridized carbons (Fsp3) is 0.519. The Morgan fingerprint density at radius 3 is 2.17 bits per heavy atom. The van der Waals surface area contributed by atoms with Crippen molar-refractivity contribution in [2.75, 3.05) is 12.3 Å². The molecule has 4 amide bonds. The van der Waals surface area contributed by atoms with Gasteiger partial charge in [-0.1, -0.05) is 36.8 Å². The molecule has 12 nitrogen and oxygen atoms in total. The molecule has 0 aromatic heterocycles. The van der Waals surface area contributed by atoms with E-state index in [-0.39, 0.29) is 18.6 Å². The molecule has 6 N–H and O–H groups in total. The van der Waals surface area contributed by atoms with Crippen LogP contribution in [-0.4, -0.2) is 76.6 Å². The summed E-state index contributed by atoms with van der Waals surface area (Å²) >= 11 is 4.19. The predicted octanol–water partition coefficient (Wildman–Crippen LogP) is 0.393. The molecule has 0 saturated carbocycles. The van der Waals surface area contributed by atoms with Crippen LogP contribution in [0.25, 0.3) is 0 Å². The number of aliphatic carboxylic acids is 1. The standard InChI is InChI=1S/C27H37N5O7S/c1-16(28)7-5-6-10-20-25(37)29-14-19(33)12-18(13-23(34)35)24(36)31-21(11-17-8-3-2-4-9-17)26(38)32-22(15-40)27(39)30-20/h2-4,8-9,18,20-22,28,40H,5-7,10-15H2,1H3,(H,29,37)(H,30,39)(H,31,36)(H,32,38)(H,34,35)/t18-,20-,21+,22-/m0/s1. The van der Waals surface area contributed by atoms with Gasteiger partial charge in [-0.15, -0.1) is 0 Å². The molecule has 40 heavy (non-hydrogen) atoms. The molecule has 1 aliphatic rings. The van der Waals surface area contributed by atoms with Gasteiger partial charge in [0.25, 0.3) is 0 Å². The third-order valence-corrected chi connectivity index (χ3v) is 6.75. The average molecular weight is 576 g/mol. The number of carbonyl (C=O) groups excluding carboxylic acids is 5. The molecule has 0 aliphatic carbocycles. The first kappa shape index (κ1) is 32.5. The topological polar surface area (TPSA) is 195 Å². The van der Waals surface area contributed by atoms with Gasteiger partial charge in [0, 0.05) is 24.3 Å². The smallest absolute Gasteiger partial charge is 0.304 e. The number of thiol groups is 1. The molecule has 13 heteroatoms. The Bertz CT molecular complexity index is 1100. The highest BCUT2D eigenvalue weighted by molar-refractivity contribution is 7.80. The number of benzene rings is 1. The van der Waals surface area contributed by atoms with Crippen LogP contribution in [0.5, 0.6) is 0 Å². The number of nitrogens with one attached hydrogen (secondary N) is 5. The summed E-state index contributed by atoms with van der Waals surface area (Å²) in [5, 5.41) is 27.1. The second-order valence-corrected chi connectivity index (χ2v) is 10.2. The van der Waals surface area contributed by atoms with Crippen molar-refractivity contribution in [2.24, 2.45) is 5.92 Å². The summed E-state index contributed by atoms with van der Waals surface area (Å²) in [7, 11) is 0. The van der Waals surface area contributed by atoms with Crippen molar-refractivity contribution in [3.05, 3.63) is 35.9 Å². The third kappa shape index (κ3) is 11.2. The number of ketones is 1. The Balaban J connectivity index is 2.36. The number of carboxylic acid groups (broad SMARTS) is 1. The molecule has 1 aliphatic heterocycles. The zero-order chi connectivity index (χ0) is 29.7. The Labute approximate surface area is 238 Å². The van der Waals surface area contributed by atoms with Gasteiger partial charge in [-0.25, -0.2) is 0 Å². The Hall–Kier alpha value is -3.74. The van der Waals surface area contributed by atoms with Gasteiger partial charge < -0.3 is 31.8 Å². The van der Waals surface area contributed by atoms with Crippen LogP contribution in [0.1, 0.15) is 51.0 Å². The van der Waals surface area contributed by atoms with E-state index in [9.17, 15) is 33.9 Å². The van der Waals surface area contributed by atoms with Gasteiger partial charge in [-0.2, -0.15) is 12.6 Å². The lowest BCUT2D eigenvalue weighted by Crippen LogP contribution is -2.58. The van der Waals surface area contributed by atoms with Crippen LogP contribution in [0.3, 0.4) is 0 Å². The maximum atomic E-state index is 13.3. The van der Waals surface area contributed by atoms with E-state index in [1.807, 2.05) is 0 Å². The Morgan fingerprint density at radius 2 is 1.55 bits per heavy atom. The molecule has 0 bridgehead atoms. The van der Waals surface area contributed by atoms with Crippen LogP contribution < -0.4 is 21.3 Å². The SMILES string of the molecule is CC(=N)CCCC[C@@H]1NC(=O)[C@H](CS)NC(=O)[C@@H](Cc2ccccc2)NC(=O)[C@H](CC(=O)O)CC(=O)CNC1=O. The second kappa shape index (κ2) is 16.4. The fourth-order valence-electron chi connectivity index (χ4n) is 4.22. The lowest BCUT2D eigenvalue weighted by atomic mass is 9.96. The van der Waals surface area contributed by atoms with Gasteiger partial charge in [0.1, 0.15) is 18.1 Å². The van der Waals surface area contributed by atoms with E-state index in [0.717, 1.165) is 0 Å². The summed E-state index contributed by atoms with van der Waals surface area (Å²) in [5.41, 5.74) is 1.19.